The van der Waals surface area contributed by atoms with Crippen LogP contribution in [0.15, 0.2) is 266 Å². The molecule has 0 aromatic heterocycles. The van der Waals surface area contributed by atoms with Crippen LogP contribution in [0.5, 0.6) is 0 Å². The van der Waals surface area contributed by atoms with E-state index >= 15 is 0 Å². The third-order valence-electron chi connectivity index (χ3n) is 13.1. The zero-order valence-corrected chi connectivity index (χ0v) is 41.9. The fraction of sp³-hybridized carbons (Fsp3) is 0.0896. The van der Waals surface area contributed by atoms with Gasteiger partial charge in [-0.2, -0.15) is 0 Å². The molecule has 0 atom stereocenters. The number of para-hydroxylation sites is 4. The molecule has 8 aromatic rings. The van der Waals surface area contributed by atoms with E-state index < -0.39 is 0 Å². The highest BCUT2D eigenvalue weighted by atomic mass is 32.2. The predicted octanol–water partition coefficient (Wildman–Crippen LogP) is 19.2. The first-order valence-corrected chi connectivity index (χ1v) is 25.8. The number of allylic oxidation sites excluding steroid dienone is 9. The van der Waals surface area contributed by atoms with E-state index in [0.29, 0.717) is 6.61 Å². The molecule has 0 fully saturated rings. The van der Waals surface area contributed by atoms with Gasteiger partial charge in [-0.25, -0.2) is 4.99 Å². The highest BCUT2D eigenvalue weighted by Crippen LogP contribution is 2.47. The normalized spacial score (nSPS) is 13.7. The number of hydrogen-bond acceptors (Lipinski definition) is 5. The van der Waals surface area contributed by atoms with Crippen molar-refractivity contribution in [2.24, 2.45) is 4.99 Å². The number of aliphatic imine (C=N–C) groups is 1. The van der Waals surface area contributed by atoms with Crippen molar-refractivity contribution in [3.63, 3.8) is 0 Å². The quantitative estimate of drug-likeness (QED) is 0.114. The molecule has 1 aliphatic carbocycles. The molecule has 352 valence electrons. The van der Waals surface area contributed by atoms with Crippen LogP contribution >= 0.6 is 11.8 Å². The molecule has 2 heterocycles. The Morgan fingerprint density at radius 1 is 0.569 bits per heavy atom. The molecule has 2 aliphatic heterocycles. The second-order valence-corrected chi connectivity index (χ2v) is 18.4. The van der Waals surface area contributed by atoms with E-state index in [2.05, 4.69) is 266 Å². The molecule has 0 saturated carbocycles. The van der Waals surface area contributed by atoms with Gasteiger partial charge in [-0.05, 0) is 143 Å². The Morgan fingerprint density at radius 3 is 1.62 bits per heavy atom. The lowest BCUT2D eigenvalue weighted by atomic mass is 9.91. The maximum atomic E-state index is 6.12. The fourth-order valence-corrected chi connectivity index (χ4v) is 10.6. The summed E-state index contributed by atoms with van der Waals surface area (Å²) in [5, 5.41) is 0.986. The second-order valence-electron chi connectivity index (χ2n) is 17.4. The Kier molecular flexibility index (Phi) is 14.5. The average Bonchev–Trinajstić information content (AvgIpc) is 3.71. The van der Waals surface area contributed by atoms with Gasteiger partial charge < -0.3 is 14.5 Å². The lowest BCUT2D eigenvalue weighted by molar-refractivity contribution is 0.207. The van der Waals surface area contributed by atoms with Gasteiger partial charge in [0.2, 0.25) is 0 Å². The average molecular weight is 952 g/mol. The van der Waals surface area contributed by atoms with E-state index in [1.807, 2.05) is 13.8 Å². The van der Waals surface area contributed by atoms with Crippen LogP contribution in [0, 0.1) is 0 Å². The van der Waals surface area contributed by atoms with Crippen LogP contribution in [0.25, 0.3) is 33.4 Å². The number of hydrogen-bond donors (Lipinski definition) is 0. The maximum Gasteiger partial charge on any atom is 0.123 e. The van der Waals surface area contributed by atoms with Crippen LogP contribution in [-0.4, -0.2) is 5.04 Å². The third kappa shape index (κ3) is 9.98. The van der Waals surface area contributed by atoms with Crippen LogP contribution in [-0.2, 0) is 17.1 Å². The van der Waals surface area contributed by atoms with E-state index in [1.54, 1.807) is 11.8 Å². The van der Waals surface area contributed by atoms with Crippen LogP contribution < -0.4 is 9.80 Å². The molecule has 4 nitrogen and oxygen atoms in total. The van der Waals surface area contributed by atoms with Gasteiger partial charge in [0.25, 0.3) is 0 Å². The van der Waals surface area contributed by atoms with Crippen molar-refractivity contribution in [3.8, 4) is 22.3 Å². The summed E-state index contributed by atoms with van der Waals surface area (Å²) in [6.45, 7) is 11.2. The van der Waals surface area contributed by atoms with Gasteiger partial charge in [0, 0.05) is 56.6 Å². The smallest absolute Gasteiger partial charge is 0.123 e. The van der Waals surface area contributed by atoms with Gasteiger partial charge in [-0.1, -0.05) is 178 Å². The van der Waals surface area contributed by atoms with Crippen LogP contribution in [0.1, 0.15) is 49.4 Å². The molecule has 0 radical (unpaired) electrons. The largest absolute Gasteiger partial charge is 0.489 e. The molecule has 72 heavy (non-hydrogen) atoms. The predicted molar refractivity (Wildman–Crippen MR) is 309 cm³/mol. The second kappa shape index (κ2) is 22.1. The SMILES string of the molecule is C=C(/C=C\C(=C/C)C1=Nc2c(-c3ccc(N(c4ccccc4)c4ccccc4)cc3)ccc(-c3ccc(N(c4ccccc4)c4ccccc4)cc3)c2CS1)c1ccc2c(c1)C1=C(C=CC=CC1)OC2.CC. The Labute approximate surface area is 429 Å². The van der Waals surface area contributed by atoms with Crippen LogP contribution in [0.3, 0.4) is 0 Å². The Balaban J connectivity index is 0.00000295. The summed E-state index contributed by atoms with van der Waals surface area (Å²) in [5.74, 6) is 1.72. The fourth-order valence-electron chi connectivity index (χ4n) is 9.52. The van der Waals surface area contributed by atoms with Gasteiger partial charge in [0.1, 0.15) is 17.4 Å². The van der Waals surface area contributed by atoms with Gasteiger partial charge >= 0.3 is 0 Å². The molecule has 11 rings (SSSR count). The molecular weight excluding hydrogens is 895 g/mol. The van der Waals surface area contributed by atoms with E-state index in [4.69, 9.17) is 9.73 Å². The summed E-state index contributed by atoms with van der Waals surface area (Å²) >= 11 is 1.79. The summed E-state index contributed by atoms with van der Waals surface area (Å²) in [7, 11) is 0. The Bertz CT molecular complexity index is 3310. The zero-order valence-electron chi connectivity index (χ0n) is 41.1. The Hall–Kier alpha value is -8.38. The number of ether oxygens (including phenoxy) is 1. The first-order valence-electron chi connectivity index (χ1n) is 24.8. The van der Waals surface area contributed by atoms with Crippen LogP contribution in [0.2, 0.25) is 0 Å². The van der Waals surface area contributed by atoms with Gasteiger partial charge in [-0.3, -0.25) is 0 Å². The molecule has 3 aliphatic rings. The van der Waals surface area contributed by atoms with Crippen molar-refractivity contribution in [3.05, 3.63) is 283 Å². The number of fused-ring (bicyclic) bond motifs is 3. The number of anilines is 6. The topological polar surface area (TPSA) is 28.1 Å². The maximum absolute atomic E-state index is 6.12. The van der Waals surface area contributed by atoms with Gasteiger partial charge in [-0.15, -0.1) is 11.8 Å². The minimum atomic E-state index is 0.572. The van der Waals surface area contributed by atoms with Crippen molar-refractivity contribution in [2.45, 2.75) is 39.6 Å². The highest BCUT2D eigenvalue weighted by Gasteiger charge is 2.24. The first kappa shape index (κ1) is 47.3. The third-order valence-corrected chi connectivity index (χ3v) is 14.1. The minimum absolute atomic E-state index is 0.572. The van der Waals surface area contributed by atoms with Crippen molar-refractivity contribution in [2.75, 3.05) is 9.80 Å². The standard InChI is InChI=1S/C65H51N3OS.C2H6/c1-3-47(30-29-46(2)50-31-32-51-44-69-63-28-18-8-17-27-60(63)61(51)43-50)65-66-64-59(49-35-39-57(40-36-49)68(54-23-13-6-14-24-54)55-25-15-7-16-26-55)42-41-58(62(64)45-70-65)48-33-37-56(38-34-48)67(52-19-9-4-10-20-52)53-21-11-5-12-22-53;1-2/h3-26,28-43H,2,27,44-45H2,1H3;1-2H3/b30-29-,47-3+;. The summed E-state index contributed by atoms with van der Waals surface area (Å²) in [4.78, 5) is 10.2. The molecule has 5 heteroatoms. The van der Waals surface area contributed by atoms with E-state index in [0.717, 1.165) is 96.2 Å². The summed E-state index contributed by atoms with van der Waals surface area (Å²) in [6.07, 6.45) is 15.7. The highest BCUT2D eigenvalue weighted by molar-refractivity contribution is 8.13. The molecule has 0 bridgehead atoms. The van der Waals surface area contributed by atoms with E-state index in [9.17, 15) is 0 Å². The van der Waals surface area contributed by atoms with Gasteiger partial charge in [0.05, 0.1) is 5.69 Å². The summed E-state index contributed by atoms with van der Waals surface area (Å²) in [5.41, 5.74) is 20.1. The van der Waals surface area contributed by atoms with Gasteiger partial charge in [0.15, 0.2) is 0 Å². The number of rotatable bonds is 12. The molecule has 0 amide bonds. The number of thioether (sulfide) groups is 1. The monoisotopic (exact) mass is 951 g/mol. The number of benzene rings is 8. The van der Waals surface area contributed by atoms with Crippen molar-refractivity contribution in [1.29, 1.82) is 0 Å². The summed E-state index contributed by atoms with van der Waals surface area (Å²) < 4.78 is 6.12. The number of nitrogens with zero attached hydrogens (tertiary/aromatic N) is 3. The molecule has 8 aromatic carbocycles. The lowest BCUT2D eigenvalue weighted by Gasteiger charge is -2.26. The molecule has 0 unspecified atom stereocenters. The first-order chi connectivity index (χ1) is 35.6. The molecular formula is C67H57N3OS. The Morgan fingerprint density at radius 2 is 1.08 bits per heavy atom. The molecule has 0 spiro atoms. The van der Waals surface area contributed by atoms with Crippen LogP contribution in [0.4, 0.5) is 39.8 Å². The zero-order chi connectivity index (χ0) is 49.2. The van der Waals surface area contributed by atoms with Crippen molar-refractivity contribution >= 4 is 67.8 Å². The van der Waals surface area contributed by atoms with E-state index in [-0.39, 0.29) is 0 Å². The molecule has 0 saturated heterocycles. The van der Waals surface area contributed by atoms with E-state index in [1.165, 1.54) is 27.8 Å². The minimum Gasteiger partial charge on any atom is -0.489 e. The van der Waals surface area contributed by atoms with Crippen molar-refractivity contribution < 1.29 is 4.74 Å². The summed E-state index contributed by atoms with van der Waals surface area (Å²) in [6, 6.07) is 71.3. The molecule has 0 N–H and O–H groups in total. The lowest BCUT2D eigenvalue weighted by Crippen LogP contribution is -2.09. The van der Waals surface area contributed by atoms with Crippen molar-refractivity contribution in [1.82, 2.24) is 0 Å².